The van der Waals surface area contributed by atoms with Crippen molar-refractivity contribution in [3.05, 3.63) is 17.8 Å². The number of hydrogen-bond donors (Lipinski definition) is 2. The molecule has 0 spiro atoms. The molecule has 0 radical (unpaired) electrons. The number of nitrogens with zero attached hydrogens (tertiary/aromatic N) is 2. The van der Waals surface area contributed by atoms with Gasteiger partial charge < -0.3 is 15.2 Å². The van der Waals surface area contributed by atoms with Gasteiger partial charge in [-0.25, -0.2) is 4.68 Å². The largest absolute Gasteiger partial charge is 0.481 e. The Morgan fingerprint density at radius 2 is 1.90 bits per heavy atom. The highest BCUT2D eigenvalue weighted by molar-refractivity contribution is 5.96. The molecule has 7 heteroatoms. The van der Waals surface area contributed by atoms with Gasteiger partial charge in [-0.15, -0.1) is 0 Å². The van der Waals surface area contributed by atoms with Crippen molar-refractivity contribution in [2.75, 3.05) is 6.61 Å². The van der Waals surface area contributed by atoms with Gasteiger partial charge in [0.1, 0.15) is 5.56 Å². The molecule has 5 rings (SSSR count). The van der Waals surface area contributed by atoms with E-state index in [9.17, 15) is 9.59 Å². The SMILES string of the molecule is CC(C)COc1c(C(=O)NC2C3CC4CC(C3)CC2C4)cnn1C=CCC(=O)O. The third-order valence-corrected chi connectivity index (χ3v) is 6.61. The van der Waals surface area contributed by atoms with Crippen LogP contribution in [0.4, 0.5) is 0 Å². The average Bonchev–Trinajstić information content (AvgIpc) is 3.05. The van der Waals surface area contributed by atoms with Gasteiger partial charge >= 0.3 is 5.97 Å². The number of aromatic nitrogens is 2. The van der Waals surface area contributed by atoms with E-state index in [0.717, 1.165) is 11.8 Å². The molecule has 4 aliphatic rings. The van der Waals surface area contributed by atoms with E-state index in [-0.39, 0.29) is 18.4 Å². The monoisotopic (exact) mass is 401 g/mol. The molecule has 4 fully saturated rings. The summed E-state index contributed by atoms with van der Waals surface area (Å²) < 4.78 is 7.35. The molecule has 2 N–H and O–H groups in total. The number of hydrogen-bond acceptors (Lipinski definition) is 4. The Balaban J connectivity index is 1.50. The lowest BCUT2D eigenvalue weighted by Crippen LogP contribution is -2.55. The quantitative estimate of drug-likeness (QED) is 0.696. The molecule has 0 atom stereocenters. The van der Waals surface area contributed by atoms with Crippen LogP contribution in [0.25, 0.3) is 6.20 Å². The van der Waals surface area contributed by atoms with Crippen molar-refractivity contribution in [1.82, 2.24) is 15.1 Å². The maximum atomic E-state index is 13.1. The maximum Gasteiger partial charge on any atom is 0.307 e. The average molecular weight is 402 g/mol. The van der Waals surface area contributed by atoms with Crippen LogP contribution in [0.5, 0.6) is 5.88 Å². The van der Waals surface area contributed by atoms with Gasteiger partial charge in [-0.2, -0.15) is 5.10 Å². The first-order valence-electron chi connectivity index (χ1n) is 10.8. The third-order valence-electron chi connectivity index (χ3n) is 6.61. The molecule has 1 aromatic heterocycles. The molecule has 0 saturated heterocycles. The number of rotatable bonds is 8. The zero-order valence-corrected chi connectivity index (χ0v) is 17.2. The first-order valence-corrected chi connectivity index (χ1v) is 10.8. The van der Waals surface area contributed by atoms with Crippen LogP contribution < -0.4 is 10.1 Å². The van der Waals surface area contributed by atoms with E-state index in [2.05, 4.69) is 10.4 Å². The van der Waals surface area contributed by atoms with E-state index >= 15 is 0 Å². The van der Waals surface area contributed by atoms with Gasteiger partial charge in [-0.1, -0.05) is 19.9 Å². The molecule has 7 nitrogen and oxygen atoms in total. The van der Waals surface area contributed by atoms with E-state index in [4.69, 9.17) is 9.84 Å². The summed E-state index contributed by atoms with van der Waals surface area (Å²) in [5.41, 5.74) is 0.416. The Hall–Kier alpha value is -2.31. The fraction of sp³-hybridized carbons (Fsp3) is 0.682. The van der Waals surface area contributed by atoms with Crippen molar-refractivity contribution < 1.29 is 19.4 Å². The first kappa shape index (κ1) is 20.0. The second-order valence-corrected chi connectivity index (χ2v) is 9.43. The summed E-state index contributed by atoms with van der Waals surface area (Å²) in [6.07, 6.45) is 10.8. The normalized spacial score (nSPS) is 30.2. The predicted molar refractivity (Wildman–Crippen MR) is 108 cm³/mol. The zero-order chi connectivity index (χ0) is 20.5. The van der Waals surface area contributed by atoms with Crippen LogP contribution in [-0.2, 0) is 4.79 Å². The summed E-state index contributed by atoms with van der Waals surface area (Å²) in [7, 11) is 0. The lowest BCUT2D eigenvalue weighted by molar-refractivity contribution is -0.135. The molecule has 158 valence electrons. The highest BCUT2D eigenvalue weighted by Crippen LogP contribution is 2.53. The molecule has 0 aromatic carbocycles. The van der Waals surface area contributed by atoms with Crippen molar-refractivity contribution in [1.29, 1.82) is 0 Å². The summed E-state index contributed by atoms with van der Waals surface area (Å²) in [5, 5.41) is 16.4. The molecule has 29 heavy (non-hydrogen) atoms. The summed E-state index contributed by atoms with van der Waals surface area (Å²) in [5.74, 6) is 2.53. The van der Waals surface area contributed by atoms with Gasteiger partial charge in [0.2, 0.25) is 5.88 Å². The van der Waals surface area contributed by atoms with E-state index in [1.54, 1.807) is 6.20 Å². The fourth-order valence-corrected chi connectivity index (χ4v) is 5.65. The number of carbonyl (C=O) groups excluding carboxylic acids is 1. The minimum absolute atomic E-state index is 0.112. The Kier molecular flexibility index (Phi) is 5.65. The molecule has 4 bridgehead atoms. The number of nitrogens with one attached hydrogen (secondary N) is 1. The minimum Gasteiger partial charge on any atom is -0.481 e. The fourth-order valence-electron chi connectivity index (χ4n) is 5.65. The van der Waals surface area contributed by atoms with Gasteiger partial charge in [0.25, 0.3) is 5.91 Å². The Morgan fingerprint density at radius 3 is 2.48 bits per heavy atom. The van der Waals surface area contributed by atoms with Gasteiger partial charge in [0.15, 0.2) is 0 Å². The van der Waals surface area contributed by atoms with Crippen LogP contribution in [0, 0.1) is 29.6 Å². The van der Waals surface area contributed by atoms with Crippen LogP contribution in [0.3, 0.4) is 0 Å². The van der Waals surface area contributed by atoms with E-state index in [1.807, 2.05) is 13.8 Å². The van der Waals surface area contributed by atoms with Crippen molar-refractivity contribution in [2.24, 2.45) is 29.6 Å². The van der Waals surface area contributed by atoms with Crippen LogP contribution in [-0.4, -0.2) is 39.4 Å². The number of carbonyl (C=O) groups is 2. The van der Waals surface area contributed by atoms with Gasteiger partial charge in [-0.3, -0.25) is 9.59 Å². The first-order chi connectivity index (χ1) is 13.9. The summed E-state index contributed by atoms with van der Waals surface area (Å²) in [6, 6.07) is 0.249. The number of ether oxygens (including phenoxy) is 1. The zero-order valence-electron chi connectivity index (χ0n) is 17.2. The third kappa shape index (κ3) is 4.33. The van der Waals surface area contributed by atoms with Gasteiger partial charge in [-0.05, 0) is 61.7 Å². The molecule has 4 aliphatic carbocycles. The number of carboxylic acid groups (broad SMARTS) is 1. The van der Waals surface area contributed by atoms with E-state index in [0.29, 0.717) is 35.8 Å². The smallest absolute Gasteiger partial charge is 0.307 e. The molecular formula is C22H31N3O4. The standard InChI is InChI=1S/C22H31N3O4/c1-13(2)12-29-22-18(11-23-25(22)5-3-4-19(26)27)21(28)24-20-16-7-14-6-15(9-16)10-17(20)8-14/h3,5,11,13-17,20H,4,6-10,12H2,1-2H3,(H,24,28)(H,26,27). The van der Waals surface area contributed by atoms with Crippen molar-refractivity contribution >= 4 is 18.1 Å². The molecule has 1 aromatic rings. The topological polar surface area (TPSA) is 93.5 Å². The summed E-state index contributed by atoms with van der Waals surface area (Å²) >= 11 is 0. The summed E-state index contributed by atoms with van der Waals surface area (Å²) in [6.45, 7) is 4.53. The van der Waals surface area contributed by atoms with Gasteiger partial charge in [0.05, 0.1) is 19.2 Å². The van der Waals surface area contributed by atoms with Crippen molar-refractivity contribution in [2.45, 2.75) is 58.4 Å². The molecule has 4 saturated carbocycles. The highest BCUT2D eigenvalue weighted by atomic mass is 16.5. The van der Waals surface area contributed by atoms with Gasteiger partial charge in [0, 0.05) is 12.2 Å². The van der Waals surface area contributed by atoms with Crippen molar-refractivity contribution in [3.8, 4) is 5.88 Å². The minimum atomic E-state index is -0.919. The van der Waals surface area contributed by atoms with E-state index in [1.165, 1.54) is 49.1 Å². The second-order valence-electron chi connectivity index (χ2n) is 9.43. The Bertz CT molecular complexity index is 770. The highest BCUT2D eigenvalue weighted by Gasteiger charge is 2.48. The Morgan fingerprint density at radius 1 is 1.24 bits per heavy atom. The number of aliphatic carboxylic acids is 1. The number of carboxylic acids is 1. The molecule has 1 amide bonds. The molecule has 0 unspecified atom stereocenters. The Labute approximate surface area is 171 Å². The van der Waals surface area contributed by atoms with E-state index < -0.39 is 5.97 Å². The van der Waals surface area contributed by atoms with Crippen LogP contribution in [0.2, 0.25) is 0 Å². The molecule has 1 heterocycles. The maximum absolute atomic E-state index is 13.1. The van der Waals surface area contributed by atoms with Crippen LogP contribution >= 0.6 is 0 Å². The second kappa shape index (κ2) is 8.20. The summed E-state index contributed by atoms with van der Waals surface area (Å²) in [4.78, 5) is 23.9. The van der Waals surface area contributed by atoms with Crippen LogP contribution in [0.1, 0.15) is 62.7 Å². The number of amides is 1. The lowest BCUT2D eigenvalue weighted by Gasteiger charge is -2.54. The predicted octanol–water partition coefficient (Wildman–Crippen LogP) is 3.42. The molecule has 0 aliphatic heterocycles. The molecular weight excluding hydrogens is 370 g/mol. The lowest BCUT2D eigenvalue weighted by atomic mass is 9.54. The van der Waals surface area contributed by atoms with Crippen molar-refractivity contribution in [3.63, 3.8) is 0 Å². The van der Waals surface area contributed by atoms with Crippen LogP contribution in [0.15, 0.2) is 12.3 Å².